The number of fused-ring (bicyclic) bond motifs is 1. The number of benzene rings is 3. The molecular weight excluding hydrogens is 449 g/mol. The van der Waals surface area contributed by atoms with Gasteiger partial charge in [0.15, 0.2) is 5.13 Å². The Balaban J connectivity index is 1.39. The van der Waals surface area contributed by atoms with Crippen molar-refractivity contribution in [1.82, 2.24) is 14.8 Å². The molecule has 6 rings (SSSR count). The largest absolute Gasteiger partial charge is 0.356 e. The van der Waals surface area contributed by atoms with Crippen LogP contribution >= 0.6 is 11.3 Å². The highest BCUT2D eigenvalue weighted by atomic mass is 32.1. The molecule has 1 N–H and O–H groups in total. The van der Waals surface area contributed by atoms with Crippen LogP contribution in [-0.4, -0.2) is 26.7 Å². The summed E-state index contributed by atoms with van der Waals surface area (Å²) in [5.74, 6) is -0.240. The third kappa shape index (κ3) is 3.62. The molecule has 2 aromatic heterocycles. The molecule has 0 spiro atoms. The Morgan fingerprint density at radius 1 is 1.00 bits per heavy atom. The van der Waals surface area contributed by atoms with Gasteiger partial charge in [0.05, 0.1) is 29.5 Å². The van der Waals surface area contributed by atoms with Gasteiger partial charge < -0.3 is 10.2 Å². The Morgan fingerprint density at radius 3 is 2.56 bits per heavy atom. The lowest BCUT2D eigenvalue weighted by Gasteiger charge is -2.29. The molecule has 5 aromatic rings. The summed E-state index contributed by atoms with van der Waals surface area (Å²) < 4.78 is 15.1. The molecule has 0 radical (unpaired) electrons. The van der Waals surface area contributed by atoms with Gasteiger partial charge in [-0.2, -0.15) is 5.10 Å². The second-order valence-electron chi connectivity index (χ2n) is 8.19. The van der Waals surface area contributed by atoms with Crippen LogP contribution in [0.3, 0.4) is 0 Å². The van der Waals surface area contributed by atoms with Crippen molar-refractivity contribution in [3.63, 3.8) is 0 Å². The lowest BCUT2D eigenvalue weighted by atomic mass is 9.99. The van der Waals surface area contributed by atoms with Gasteiger partial charge in [0, 0.05) is 29.1 Å². The van der Waals surface area contributed by atoms with E-state index >= 15 is 0 Å². The summed E-state index contributed by atoms with van der Waals surface area (Å²) in [4.78, 5) is 19.5. The van der Waals surface area contributed by atoms with E-state index in [2.05, 4.69) is 27.5 Å². The minimum absolute atomic E-state index is 0.0492. The SMILES string of the molecule is O=C1C[C@H](Nc2nccs2)[C@@H](c2ccccc2)N1c1ccc2c(cnn2-c2ccc(F)cc2)c1. The van der Waals surface area contributed by atoms with E-state index in [1.807, 2.05) is 46.7 Å². The van der Waals surface area contributed by atoms with Crippen molar-refractivity contribution < 1.29 is 9.18 Å². The molecule has 0 bridgehead atoms. The molecule has 2 atom stereocenters. The van der Waals surface area contributed by atoms with Crippen molar-refractivity contribution in [2.24, 2.45) is 0 Å². The average Bonchev–Trinajstić information content (AvgIpc) is 3.59. The first-order valence-electron chi connectivity index (χ1n) is 10.9. The van der Waals surface area contributed by atoms with Crippen molar-refractivity contribution in [2.75, 3.05) is 10.2 Å². The molecule has 0 saturated carbocycles. The van der Waals surface area contributed by atoms with Crippen LogP contribution in [-0.2, 0) is 4.79 Å². The maximum Gasteiger partial charge on any atom is 0.229 e. The summed E-state index contributed by atoms with van der Waals surface area (Å²) in [6.45, 7) is 0. The van der Waals surface area contributed by atoms with Gasteiger partial charge in [-0.1, -0.05) is 30.3 Å². The van der Waals surface area contributed by atoms with Crippen LogP contribution in [0.4, 0.5) is 15.2 Å². The van der Waals surface area contributed by atoms with E-state index < -0.39 is 0 Å². The molecule has 1 fully saturated rings. The summed E-state index contributed by atoms with van der Waals surface area (Å²) in [5, 5.41) is 11.6. The summed E-state index contributed by atoms with van der Waals surface area (Å²) >= 11 is 1.52. The van der Waals surface area contributed by atoms with Crippen molar-refractivity contribution in [1.29, 1.82) is 0 Å². The fourth-order valence-corrected chi connectivity index (χ4v) is 5.20. The molecule has 1 aliphatic heterocycles. The van der Waals surface area contributed by atoms with E-state index in [4.69, 9.17) is 0 Å². The summed E-state index contributed by atoms with van der Waals surface area (Å²) in [6, 6.07) is 21.9. The van der Waals surface area contributed by atoms with Gasteiger partial charge in [0.25, 0.3) is 0 Å². The standard InChI is InChI=1S/C26H20FN5OS/c27-19-6-8-20(9-7-19)32-23-11-10-21(14-18(23)16-29-32)31-24(33)15-22(30-26-28-12-13-34-26)25(31)17-4-2-1-3-5-17/h1-14,16,22,25H,15H2,(H,28,30)/t22-,25+/m0/s1. The zero-order valence-electron chi connectivity index (χ0n) is 18.0. The first-order chi connectivity index (χ1) is 16.7. The normalized spacial score (nSPS) is 18.0. The van der Waals surface area contributed by atoms with E-state index in [1.54, 1.807) is 29.2 Å². The van der Waals surface area contributed by atoms with Crippen molar-refractivity contribution in [3.05, 3.63) is 102 Å². The summed E-state index contributed by atoms with van der Waals surface area (Å²) in [7, 11) is 0. The first-order valence-corrected chi connectivity index (χ1v) is 11.8. The molecule has 6 nitrogen and oxygen atoms in total. The number of aromatic nitrogens is 3. The van der Waals surface area contributed by atoms with Crippen LogP contribution in [0.2, 0.25) is 0 Å². The van der Waals surface area contributed by atoms with Crippen LogP contribution < -0.4 is 10.2 Å². The molecule has 168 valence electrons. The molecule has 8 heteroatoms. The van der Waals surface area contributed by atoms with Crippen molar-refractivity contribution in [2.45, 2.75) is 18.5 Å². The molecule has 1 saturated heterocycles. The second-order valence-corrected chi connectivity index (χ2v) is 9.08. The topological polar surface area (TPSA) is 63.1 Å². The number of nitrogens with one attached hydrogen (secondary N) is 1. The predicted octanol–water partition coefficient (Wildman–Crippen LogP) is 5.58. The van der Waals surface area contributed by atoms with E-state index in [0.29, 0.717) is 6.42 Å². The molecular formula is C26H20FN5OS. The molecule has 3 heterocycles. The maximum absolute atomic E-state index is 13.4. The fourth-order valence-electron chi connectivity index (χ4n) is 4.61. The Labute approximate surface area is 199 Å². The maximum atomic E-state index is 13.4. The fraction of sp³-hybridized carbons (Fsp3) is 0.115. The van der Waals surface area contributed by atoms with E-state index in [9.17, 15) is 9.18 Å². The average molecular weight is 470 g/mol. The van der Waals surface area contributed by atoms with E-state index in [0.717, 1.165) is 33.0 Å². The number of nitrogens with zero attached hydrogens (tertiary/aromatic N) is 4. The highest BCUT2D eigenvalue weighted by Crippen LogP contribution is 2.40. The van der Waals surface area contributed by atoms with Gasteiger partial charge in [-0.05, 0) is 48.0 Å². The van der Waals surface area contributed by atoms with E-state index in [1.165, 1.54) is 23.5 Å². The smallest absolute Gasteiger partial charge is 0.229 e. The van der Waals surface area contributed by atoms with Gasteiger partial charge >= 0.3 is 0 Å². The number of carbonyl (C=O) groups is 1. The molecule has 3 aromatic carbocycles. The Kier molecular flexibility index (Phi) is 5.07. The van der Waals surface area contributed by atoms with Crippen LogP contribution in [0.5, 0.6) is 0 Å². The summed E-state index contributed by atoms with van der Waals surface area (Å²) in [6.07, 6.45) is 3.89. The Morgan fingerprint density at radius 2 is 1.79 bits per heavy atom. The zero-order chi connectivity index (χ0) is 23.1. The highest BCUT2D eigenvalue weighted by molar-refractivity contribution is 7.13. The van der Waals surface area contributed by atoms with Crippen LogP contribution in [0.25, 0.3) is 16.6 Å². The quantitative estimate of drug-likeness (QED) is 0.365. The Bertz CT molecular complexity index is 1450. The van der Waals surface area contributed by atoms with Gasteiger partial charge in [-0.25, -0.2) is 14.1 Å². The number of rotatable bonds is 5. The molecule has 0 unspecified atom stereocenters. The van der Waals surface area contributed by atoms with Gasteiger partial charge in [-0.15, -0.1) is 11.3 Å². The third-order valence-electron chi connectivity index (χ3n) is 6.11. The first kappa shape index (κ1) is 20.6. The van der Waals surface area contributed by atoms with E-state index in [-0.39, 0.29) is 23.8 Å². The number of anilines is 2. The van der Waals surface area contributed by atoms with Gasteiger partial charge in [-0.3, -0.25) is 4.79 Å². The van der Waals surface area contributed by atoms with Crippen LogP contribution in [0.1, 0.15) is 18.0 Å². The number of thiazole rings is 1. The number of carbonyl (C=O) groups excluding carboxylic acids is 1. The lowest BCUT2D eigenvalue weighted by Crippen LogP contribution is -2.32. The van der Waals surface area contributed by atoms with Gasteiger partial charge in [0.1, 0.15) is 5.82 Å². The minimum Gasteiger partial charge on any atom is -0.356 e. The highest BCUT2D eigenvalue weighted by Gasteiger charge is 2.42. The van der Waals surface area contributed by atoms with Crippen LogP contribution in [0.15, 0.2) is 90.6 Å². The molecule has 34 heavy (non-hydrogen) atoms. The number of halogens is 1. The molecule has 1 aliphatic rings. The predicted molar refractivity (Wildman–Crippen MR) is 132 cm³/mol. The zero-order valence-corrected chi connectivity index (χ0v) is 18.8. The lowest BCUT2D eigenvalue weighted by molar-refractivity contribution is -0.117. The summed E-state index contributed by atoms with van der Waals surface area (Å²) in [5.41, 5.74) is 3.53. The van der Waals surface area contributed by atoms with Gasteiger partial charge in [0.2, 0.25) is 5.91 Å². The van der Waals surface area contributed by atoms with Crippen LogP contribution in [0, 0.1) is 5.82 Å². The minimum atomic E-state index is -0.289. The third-order valence-corrected chi connectivity index (χ3v) is 6.81. The monoisotopic (exact) mass is 469 g/mol. The molecule has 0 aliphatic carbocycles. The second kappa shape index (κ2) is 8.39. The van der Waals surface area contributed by atoms with Crippen molar-refractivity contribution >= 4 is 39.0 Å². The van der Waals surface area contributed by atoms with Crippen molar-refractivity contribution in [3.8, 4) is 5.69 Å². The number of hydrogen-bond acceptors (Lipinski definition) is 5. The Hall–Kier alpha value is -4.04. The number of hydrogen-bond donors (Lipinski definition) is 1. The molecule has 1 amide bonds. The number of amides is 1.